The summed E-state index contributed by atoms with van der Waals surface area (Å²) in [6, 6.07) is 8.33. The first-order valence-corrected chi connectivity index (χ1v) is 10.0. The summed E-state index contributed by atoms with van der Waals surface area (Å²) in [7, 11) is -4.34. The molecule has 0 fully saturated rings. The van der Waals surface area contributed by atoms with Gasteiger partial charge in [-0.3, -0.25) is 18.6 Å². The van der Waals surface area contributed by atoms with Crippen molar-refractivity contribution in [3.8, 4) is 5.75 Å². The van der Waals surface area contributed by atoms with Crippen LogP contribution in [0.4, 0.5) is 4.39 Å². The molecule has 0 atom stereocenters. The number of aromatic nitrogens is 2. The van der Waals surface area contributed by atoms with E-state index >= 15 is 0 Å². The summed E-state index contributed by atoms with van der Waals surface area (Å²) >= 11 is 0. The molecule has 28 heavy (non-hydrogen) atoms. The van der Waals surface area contributed by atoms with Crippen LogP contribution < -0.4 is 5.56 Å². The van der Waals surface area contributed by atoms with Crippen molar-refractivity contribution in [2.24, 2.45) is 0 Å². The number of aryl methyl sites for hydroxylation is 1. The second-order valence-electron chi connectivity index (χ2n) is 6.25. The van der Waals surface area contributed by atoms with E-state index in [1.54, 1.807) is 0 Å². The van der Waals surface area contributed by atoms with Gasteiger partial charge in [0.15, 0.2) is 11.5 Å². The molecule has 146 valence electrons. The second-order valence-corrected chi connectivity index (χ2v) is 7.90. The van der Waals surface area contributed by atoms with E-state index in [1.807, 2.05) is 0 Å². The number of Topliss-reactive ketones (excluding diaryl/α,β-unsaturated/α-hetero) is 1. The summed E-state index contributed by atoms with van der Waals surface area (Å²) in [6.45, 7) is 0. The predicted molar refractivity (Wildman–Crippen MR) is 97.9 cm³/mol. The normalized spacial score (nSPS) is 11.7. The van der Waals surface area contributed by atoms with Gasteiger partial charge >= 0.3 is 13.2 Å². The largest absolute Gasteiger partial charge is 0.501 e. The Morgan fingerprint density at radius 2 is 1.75 bits per heavy atom. The van der Waals surface area contributed by atoms with E-state index in [0.29, 0.717) is 5.56 Å². The zero-order valence-electron chi connectivity index (χ0n) is 14.4. The van der Waals surface area contributed by atoms with Crippen molar-refractivity contribution >= 4 is 19.0 Å². The first-order chi connectivity index (χ1) is 13.1. The number of pyridine rings is 1. The Morgan fingerprint density at radius 3 is 2.39 bits per heavy atom. The Hall–Kier alpha value is -2.87. The smallest absolute Gasteiger partial charge is 0.329 e. The molecule has 0 spiro atoms. The average molecular weight is 406 g/mol. The molecular formula is C18H16FN2O6P. The Bertz CT molecular complexity index is 1150. The standard InChI is InChI=1S/C18H16FN2O6P/c19-13-5-1-11(2-6-13)3-7-14(22)16-17(23)18(24)21-9-12(10-28(25,26)27)4-8-15(21)20-16/h1-2,4-6,8-9,23H,3,7,10H2,(H2,25,26,27). The van der Waals surface area contributed by atoms with E-state index in [0.717, 1.165) is 10.6 Å². The average Bonchev–Trinajstić information content (AvgIpc) is 2.63. The Morgan fingerprint density at radius 1 is 1.11 bits per heavy atom. The first kappa shape index (κ1) is 19.9. The van der Waals surface area contributed by atoms with Gasteiger partial charge in [-0.25, -0.2) is 9.37 Å². The van der Waals surface area contributed by atoms with Crippen molar-refractivity contribution in [3.05, 3.63) is 75.6 Å². The minimum atomic E-state index is -4.34. The van der Waals surface area contributed by atoms with Crippen molar-refractivity contribution in [3.63, 3.8) is 0 Å². The number of carbonyl (C=O) groups is 1. The van der Waals surface area contributed by atoms with Gasteiger partial charge in [0.05, 0.1) is 6.16 Å². The molecule has 0 aliphatic carbocycles. The number of hydrogen-bond acceptors (Lipinski definition) is 5. The second kappa shape index (κ2) is 7.63. The van der Waals surface area contributed by atoms with Crippen LogP contribution in [0.1, 0.15) is 28.0 Å². The lowest BCUT2D eigenvalue weighted by Gasteiger charge is -2.09. The number of nitrogens with zero attached hydrogens (tertiary/aromatic N) is 2. The van der Waals surface area contributed by atoms with Crippen LogP contribution in [0.2, 0.25) is 0 Å². The van der Waals surface area contributed by atoms with Crippen LogP contribution in [-0.4, -0.2) is 30.1 Å². The molecule has 0 radical (unpaired) electrons. The highest BCUT2D eigenvalue weighted by Gasteiger charge is 2.20. The SMILES string of the molecule is O=C(CCc1ccc(F)cc1)c1nc2ccc(CP(=O)(O)O)cn2c(=O)c1O. The molecule has 3 N–H and O–H groups in total. The van der Waals surface area contributed by atoms with Crippen LogP contribution in [0.15, 0.2) is 47.4 Å². The molecule has 0 bridgehead atoms. The van der Waals surface area contributed by atoms with Crippen LogP contribution in [0, 0.1) is 5.82 Å². The highest BCUT2D eigenvalue weighted by Crippen LogP contribution is 2.38. The van der Waals surface area contributed by atoms with Crippen molar-refractivity contribution < 1.29 is 28.6 Å². The fourth-order valence-corrected chi connectivity index (χ4v) is 3.39. The van der Waals surface area contributed by atoms with Gasteiger partial charge in [-0.1, -0.05) is 18.2 Å². The lowest BCUT2D eigenvalue weighted by molar-refractivity contribution is 0.0975. The molecule has 10 heteroatoms. The van der Waals surface area contributed by atoms with Crippen LogP contribution in [0.5, 0.6) is 5.75 Å². The van der Waals surface area contributed by atoms with Gasteiger partial charge in [-0.05, 0) is 35.7 Å². The molecule has 3 rings (SSSR count). The predicted octanol–water partition coefficient (Wildman–Crippen LogP) is 2.03. The molecule has 2 heterocycles. The monoisotopic (exact) mass is 406 g/mol. The zero-order valence-corrected chi connectivity index (χ0v) is 15.3. The lowest BCUT2D eigenvalue weighted by atomic mass is 10.1. The number of benzene rings is 1. The van der Waals surface area contributed by atoms with Crippen LogP contribution in [-0.2, 0) is 17.1 Å². The van der Waals surface area contributed by atoms with Crippen molar-refractivity contribution in [2.75, 3.05) is 0 Å². The summed E-state index contributed by atoms with van der Waals surface area (Å²) < 4.78 is 25.0. The van der Waals surface area contributed by atoms with Gasteiger partial charge in [-0.2, -0.15) is 0 Å². The molecule has 0 amide bonds. The number of carbonyl (C=O) groups excluding carboxylic acids is 1. The van der Waals surface area contributed by atoms with Gasteiger partial charge in [0, 0.05) is 12.6 Å². The zero-order chi connectivity index (χ0) is 20.5. The number of hydrogen-bond donors (Lipinski definition) is 3. The minimum absolute atomic E-state index is 0.0436. The van der Waals surface area contributed by atoms with Crippen LogP contribution in [0.3, 0.4) is 0 Å². The molecule has 0 saturated heterocycles. The maximum absolute atomic E-state index is 12.9. The Labute approximate surface area is 158 Å². The van der Waals surface area contributed by atoms with E-state index in [1.165, 1.54) is 36.4 Å². The fraction of sp³-hybridized carbons (Fsp3) is 0.167. The molecule has 8 nitrogen and oxygen atoms in total. The molecule has 0 unspecified atom stereocenters. The van der Waals surface area contributed by atoms with E-state index in [9.17, 15) is 23.7 Å². The molecule has 0 aliphatic heterocycles. The molecule has 2 aromatic heterocycles. The van der Waals surface area contributed by atoms with Crippen molar-refractivity contribution in [2.45, 2.75) is 19.0 Å². The van der Waals surface area contributed by atoms with Gasteiger partial charge in [-0.15, -0.1) is 0 Å². The number of aromatic hydroxyl groups is 1. The maximum atomic E-state index is 12.9. The Balaban J connectivity index is 1.89. The molecule has 3 aromatic rings. The molecular weight excluding hydrogens is 390 g/mol. The third-order valence-electron chi connectivity index (χ3n) is 4.07. The summed E-state index contributed by atoms with van der Waals surface area (Å²) in [5.74, 6) is -1.79. The fourth-order valence-electron chi connectivity index (χ4n) is 2.73. The van der Waals surface area contributed by atoms with Gasteiger partial charge in [0.25, 0.3) is 0 Å². The summed E-state index contributed by atoms with van der Waals surface area (Å²) in [4.78, 5) is 46.9. The molecule has 0 aliphatic rings. The summed E-state index contributed by atoms with van der Waals surface area (Å²) in [5.41, 5.74) is -0.340. The van der Waals surface area contributed by atoms with E-state index in [2.05, 4.69) is 4.98 Å². The molecule has 1 aromatic carbocycles. The lowest BCUT2D eigenvalue weighted by Crippen LogP contribution is -2.19. The number of ketones is 1. The van der Waals surface area contributed by atoms with Crippen LogP contribution >= 0.6 is 7.60 Å². The maximum Gasteiger partial charge on any atom is 0.329 e. The number of fused-ring (bicyclic) bond motifs is 1. The van der Waals surface area contributed by atoms with Gasteiger partial charge in [0.1, 0.15) is 11.5 Å². The van der Waals surface area contributed by atoms with Gasteiger partial charge < -0.3 is 14.9 Å². The van der Waals surface area contributed by atoms with Gasteiger partial charge in [0.2, 0.25) is 5.75 Å². The molecule has 0 saturated carbocycles. The topological polar surface area (TPSA) is 129 Å². The third-order valence-corrected chi connectivity index (χ3v) is 4.84. The number of rotatable bonds is 6. The van der Waals surface area contributed by atoms with Crippen LogP contribution in [0.25, 0.3) is 5.65 Å². The highest BCUT2D eigenvalue weighted by molar-refractivity contribution is 7.50. The quantitative estimate of drug-likeness (QED) is 0.422. The first-order valence-electron chi connectivity index (χ1n) is 8.20. The summed E-state index contributed by atoms with van der Waals surface area (Å²) in [6.07, 6.45) is 0.823. The minimum Gasteiger partial charge on any atom is -0.501 e. The van der Waals surface area contributed by atoms with E-state index < -0.39 is 36.7 Å². The van der Waals surface area contributed by atoms with E-state index in [4.69, 9.17) is 9.79 Å². The number of halogens is 1. The van der Waals surface area contributed by atoms with Crippen molar-refractivity contribution in [1.82, 2.24) is 9.38 Å². The Kier molecular flexibility index (Phi) is 5.42. The summed E-state index contributed by atoms with van der Waals surface area (Å²) in [5, 5.41) is 10.1. The highest BCUT2D eigenvalue weighted by atomic mass is 31.2. The third kappa shape index (κ3) is 4.51. The van der Waals surface area contributed by atoms with E-state index in [-0.39, 0.29) is 29.7 Å². The van der Waals surface area contributed by atoms with Crippen molar-refractivity contribution in [1.29, 1.82) is 0 Å².